The van der Waals surface area contributed by atoms with Crippen molar-refractivity contribution in [1.82, 2.24) is 19.2 Å². The van der Waals surface area contributed by atoms with Crippen LogP contribution in [-0.2, 0) is 22.6 Å². The molecule has 1 saturated heterocycles. The summed E-state index contributed by atoms with van der Waals surface area (Å²) in [6.45, 7) is 3.98. The quantitative estimate of drug-likeness (QED) is 0.783. The van der Waals surface area contributed by atoms with Gasteiger partial charge in [-0.3, -0.25) is 9.69 Å². The van der Waals surface area contributed by atoms with Crippen LogP contribution in [0.4, 0.5) is 10.5 Å². The molecule has 1 aromatic heterocycles. The van der Waals surface area contributed by atoms with E-state index in [-0.39, 0.29) is 19.0 Å². The first kappa shape index (κ1) is 16.5. The average Bonchev–Trinajstić information content (AvgIpc) is 3.13. The van der Waals surface area contributed by atoms with Crippen LogP contribution in [0.2, 0.25) is 0 Å². The molecule has 0 unspecified atom stereocenters. The molecule has 0 aliphatic carbocycles. The molecular formula is C17H19N5O4. The summed E-state index contributed by atoms with van der Waals surface area (Å²) in [6.07, 6.45) is 0. The lowest BCUT2D eigenvalue weighted by Gasteiger charge is -2.26. The molecule has 1 fully saturated rings. The normalized spacial score (nSPS) is 16.9. The zero-order valence-electron chi connectivity index (χ0n) is 14.4. The van der Waals surface area contributed by atoms with E-state index >= 15 is 0 Å². The maximum Gasteiger partial charge on any atom is 0.354 e. The van der Waals surface area contributed by atoms with Crippen LogP contribution in [0.15, 0.2) is 29.1 Å². The topological polar surface area (TPSA) is 89.7 Å². The first-order valence-corrected chi connectivity index (χ1v) is 8.47. The van der Waals surface area contributed by atoms with Gasteiger partial charge in [0.25, 0.3) is 0 Å². The number of rotatable bonds is 3. The van der Waals surface area contributed by atoms with Crippen LogP contribution in [0.3, 0.4) is 0 Å². The third-order valence-corrected chi connectivity index (χ3v) is 4.62. The van der Waals surface area contributed by atoms with Gasteiger partial charge in [-0.2, -0.15) is 9.67 Å². The number of aryl methyl sites for hydroxylation is 1. The van der Waals surface area contributed by atoms with Gasteiger partial charge < -0.3 is 9.64 Å². The van der Waals surface area contributed by atoms with Crippen LogP contribution in [0.1, 0.15) is 11.4 Å². The van der Waals surface area contributed by atoms with Crippen molar-refractivity contribution in [3.63, 3.8) is 0 Å². The fourth-order valence-corrected chi connectivity index (χ4v) is 3.15. The SMILES string of the molecule is Cc1ccc(N2Cc3nn(CC(=O)N4CCOCC4)c(=O)n3C2=O)cc1. The Balaban J connectivity index is 1.53. The predicted octanol–water partition coefficient (Wildman–Crippen LogP) is 0.200. The highest BCUT2D eigenvalue weighted by Crippen LogP contribution is 2.22. The third-order valence-electron chi connectivity index (χ3n) is 4.62. The molecule has 4 rings (SSSR count). The lowest BCUT2D eigenvalue weighted by Crippen LogP contribution is -2.44. The second-order valence-corrected chi connectivity index (χ2v) is 6.39. The molecule has 26 heavy (non-hydrogen) atoms. The largest absolute Gasteiger partial charge is 0.378 e. The van der Waals surface area contributed by atoms with Gasteiger partial charge in [0.05, 0.1) is 19.8 Å². The fraction of sp³-hybridized carbons (Fsp3) is 0.412. The van der Waals surface area contributed by atoms with E-state index in [4.69, 9.17) is 4.74 Å². The molecular weight excluding hydrogens is 338 g/mol. The predicted molar refractivity (Wildman–Crippen MR) is 92.0 cm³/mol. The van der Waals surface area contributed by atoms with Crippen LogP contribution in [-0.4, -0.2) is 57.5 Å². The van der Waals surface area contributed by atoms with Gasteiger partial charge in [0.15, 0.2) is 5.82 Å². The van der Waals surface area contributed by atoms with Gasteiger partial charge in [0, 0.05) is 18.8 Å². The summed E-state index contributed by atoms with van der Waals surface area (Å²) in [5.74, 6) is 0.144. The maximum absolute atomic E-state index is 12.6. The van der Waals surface area contributed by atoms with Crippen molar-refractivity contribution in [2.75, 3.05) is 31.2 Å². The number of ether oxygens (including phenoxy) is 1. The van der Waals surface area contributed by atoms with Gasteiger partial charge >= 0.3 is 11.7 Å². The second-order valence-electron chi connectivity index (χ2n) is 6.39. The Morgan fingerprint density at radius 3 is 2.50 bits per heavy atom. The number of nitrogens with zero attached hydrogens (tertiary/aromatic N) is 5. The average molecular weight is 357 g/mol. The van der Waals surface area contributed by atoms with E-state index in [2.05, 4.69) is 5.10 Å². The lowest BCUT2D eigenvalue weighted by molar-refractivity contribution is -0.136. The molecule has 0 saturated carbocycles. The van der Waals surface area contributed by atoms with E-state index in [0.717, 1.165) is 14.8 Å². The summed E-state index contributed by atoms with van der Waals surface area (Å²) in [4.78, 5) is 40.6. The highest BCUT2D eigenvalue weighted by Gasteiger charge is 2.34. The van der Waals surface area contributed by atoms with Crippen molar-refractivity contribution in [1.29, 1.82) is 0 Å². The molecule has 2 aromatic rings. The monoisotopic (exact) mass is 357 g/mol. The summed E-state index contributed by atoms with van der Waals surface area (Å²) in [6, 6.07) is 7.03. The Morgan fingerprint density at radius 1 is 1.15 bits per heavy atom. The van der Waals surface area contributed by atoms with Crippen LogP contribution in [0.5, 0.6) is 0 Å². The molecule has 2 aliphatic heterocycles. The number of carbonyl (C=O) groups excluding carboxylic acids is 2. The van der Waals surface area contributed by atoms with Crippen LogP contribution >= 0.6 is 0 Å². The Kier molecular flexibility index (Phi) is 4.08. The number of carbonyl (C=O) groups is 2. The van der Waals surface area contributed by atoms with E-state index < -0.39 is 11.7 Å². The number of anilines is 1. The Bertz CT molecular complexity index is 908. The van der Waals surface area contributed by atoms with Crippen LogP contribution in [0.25, 0.3) is 0 Å². The molecule has 0 spiro atoms. The van der Waals surface area contributed by atoms with Crippen molar-refractivity contribution in [2.24, 2.45) is 0 Å². The summed E-state index contributed by atoms with van der Waals surface area (Å²) in [5, 5.41) is 4.19. The standard InChI is InChI=1S/C17H19N5O4/c1-12-2-4-13(5-3-12)20-10-14-18-21(17(25)22(14)16(20)24)11-15(23)19-6-8-26-9-7-19/h2-5H,6-11H2,1H3. The van der Waals surface area contributed by atoms with Crippen molar-refractivity contribution >= 4 is 17.6 Å². The maximum atomic E-state index is 12.6. The van der Waals surface area contributed by atoms with Crippen molar-refractivity contribution in [2.45, 2.75) is 20.0 Å². The smallest absolute Gasteiger partial charge is 0.354 e. The summed E-state index contributed by atoms with van der Waals surface area (Å²) >= 11 is 0. The molecule has 1 aromatic carbocycles. The third kappa shape index (κ3) is 2.80. The molecule has 2 aliphatic rings. The van der Waals surface area contributed by atoms with Gasteiger partial charge in [0.2, 0.25) is 5.91 Å². The summed E-state index contributed by atoms with van der Waals surface area (Å²) in [7, 11) is 0. The molecule has 136 valence electrons. The summed E-state index contributed by atoms with van der Waals surface area (Å²) in [5.41, 5.74) is 1.21. The van der Waals surface area contributed by atoms with E-state index in [1.54, 1.807) is 4.90 Å². The Hall–Kier alpha value is -2.94. The first-order chi connectivity index (χ1) is 12.5. The Morgan fingerprint density at radius 2 is 1.85 bits per heavy atom. The van der Waals surface area contributed by atoms with E-state index in [1.807, 2.05) is 31.2 Å². The minimum absolute atomic E-state index is 0.170. The minimum Gasteiger partial charge on any atom is -0.378 e. The number of hydrogen-bond acceptors (Lipinski definition) is 5. The van der Waals surface area contributed by atoms with Crippen LogP contribution < -0.4 is 10.6 Å². The highest BCUT2D eigenvalue weighted by atomic mass is 16.5. The summed E-state index contributed by atoms with van der Waals surface area (Å²) < 4.78 is 7.32. The van der Waals surface area contributed by atoms with Gasteiger partial charge in [-0.1, -0.05) is 17.7 Å². The van der Waals surface area contributed by atoms with E-state index in [9.17, 15) is 14.4 Å². The van der Waals surface area contributed by atoms with Crippen molar-refractivity contribution < 1.29 is 14.3 Å². The van der Waals surface area contributed by atoms with E-state index in [0.29, 0.717) is 37.8 Å². The molecule has 0 N–H and O–H groups in total. The minimum atomic E-state index is -0.582. The zero-order chi connectivity index (χ0) is 18.3. The molecule has 0 atom stereocenters. The lowest BCUT2D eigenvalue weighted by atomic mass is 10.2. The number of amides is 2. The first-order valence-electron chi connectivity index (χ1n) is 8.47. The van der Waals surface area contributed by atoms with Gasteiger partial charge in [-0.25, -0.2) is 14.3 Å². The van der Waals surface area contributed by atoms with Gasteiger partial charge in [-0.15, -0.1) is 0 Å². The molecule has 0 radical (unpaired) electrons. The van der Waals surface area contributed by atoms with E-state index in [1.165, 1.54) is 4.90 Å². The molecule has 0 bridgehead atoms. The zero-order valence-corrected chi connectivity index (χ0v) is 14.4. The molecule has 3 heterocycles. The van der Waals surface area contributed by atoms with Crippen molar-refractivity contribution in [3.8, 4) is 0 Å². The number of morpholine rings is 1. The highest BCUT2D eigenvalue weighted by molar-refractivity contribution is 5.96. The molecule has 2 amide bonds. The number of hydrogen-bond donors (Lipinski definition) is 0. The van der Waals surface area contributed by atoms with Crippen molar-refractivity contribution in [3.05, 3.63) is 46.1 Å². The molecule has 9 heteroatoms. The fourth-order valence-electron chi connectivity index (χ4n) is 3.15. The van der Waals surface area contributed by atoms with Gasteiger partial charge in [0.1, 0.15) is 6.54 Å². The van der Waals surface area contributed by atoms with Gasteiger partial charge in [-0.05, 0) is 19.1 Å². The number of benzene rings is 1. The molecule has 9 nitrogen and oxygen atoms in total. The Labute approximate surface area is 149 Å². The number of aromatic nitrogens is 3. The number of fused-ring (bicyclic) bond motifs is 1. The van der Waals surface area contributed by atoms with Crippen LogP contribution in [0, 0.1) is 6.92 Å². The second kappa shape index (κ2) is 6.41.